The standard InChI is InChI=1S/C17H25N3O4/c1-12(21)20(10-9-14(18)16(22)19(2)3)15(17(23)24)11-13-7-5-4-6-8-13/h4-8,14-15H,9-11,18H2,1-3H3,(H,23,24)/t14-,15+/m0/s1. The average molecular weight is 335 g/mol. The number of benzene rings is 1. The summed E-state index contributed by atoms with van der Waals surface area (Å²) in [7, 11) is 3.20. The fraction of sp³-hybridized carbons (Fsp3) is 0.471. The predicted octanol–water partition coefficient (Wildman–Crippen LogP) is 0.336. The number of hydrogen-bond donors (Lipinski definition) is 2. The maximum Gasteiger partial charge on any atom is 0.326 e. The van der Waals surface area contributed by atoms with Crippen molar-refractivity contribution in [2.75, 3.05) is 20.6 Å². The van der Waals surface area contributed by atoms with E-state index in [0.29, 0.717) is 0 Å². The zero-order valence-electron chi connectivity index (χ0n) is 14.3. The monoisotopic (exact) mass is 335 g/mol. The molecule has 0 bridgehead atoms. The topological polar surface area (TPSA) is 104 Å². The lowest BCUT2D eigenvalue weighted by Crippen LogP contribution is -2.48. The van der Waals surface area contributed by atoms with E-state index in [4.69, 9.17) is 5.73 Å². The van der Waals surface area contributed by atoms with Gasteiger partial charge in [-0.3, -0.25) is 9.59 Å². The molecule has 1 aromatic carbocycles. The molecule has 0 unspecified atom stereocenters. The molecule has 132 valence electrons. The minimum absolute atomic E-state index is 0.111. The second kappa shape index (κ2) is 9.02. The van der Waals surface area contributed by atoms with Crippen LogP contribution in [-0.2, 0) is 20.8 Å². The zero-order valence-corrected chi connectivity index (χ0v) is 14.3. The van der Waals surface area contributed by atoms with Crippen LogP contribution in [0, 0.1) is 0 Å². The van der Waals surface area contributed by atoms with Crippen LogP contribution in [0.5, 0.6) is 0 Å². The van der Waals surface area contributed by atoms with Gasteiger partial charge in [0.1, 0.15) is 6.04 Å². The number of nitrogens with two attached hydrogens (primary N) is 1. The first-order chi connectivity index (χ1) is 11.2. The molecule has 7 heteroatoms. The summed E-state index contributed by atoms with van der Waals surface area (Å²) in [5.41, 5.74) is 6.64. The summed E-state index contributed by atoms with van der Waals surface area (Å²) in [5, 5.41) is 9.52. The number of hydrogen-bond acceptors (Lipinski definition) is 4. The highest BCUT2D eigenvalue weighted by Gasteiger charge is 2.29. The second-order valence-electron chi connectivity index (χ2n) is 5.88. The Balaban J connectivity index is 2.84. The van der Waals surface area contributed by atoms with Crippen LogP contribution < -0.4 is 5.73 Å². The fourth-order valence-electron chi connectivity index (χ4n) is 2.43. The lowest BCUT2D eigenvalue weighted by atomic mass is 10.0. The lowest BCUT2D eigenvalue weighted by Gasteiger charge is -2.29. The predicted molar refractivity (Wildman–Crippen MR) is 90.2 cm³/mol. The van der Waals surface area contributed by atoms with Gasteiger partial charge in [-0.15, -0.1) is 0 Å². The summed E-state index contributed by atoms with van der Waals surface area (Å²) in [5.74, 6) is -1.70. The first-order valence-corrected chi connectivity index (χ1v) is 7.74. The molecule has 0 spiro atoms. The molecule has 0 fully saturated rings. The quantitative estimate of drug-likeness (QED) is 0.713. The van der Waals surface area contributed by atoms with Crippen LogP contribution in [-0.4, -0.2) is 65.4 Å². The maximum absolute atomic E-state index is 11.9. The molecule has 0 saturated heterocycles. The highest BCUT2D eigenvalue weighted by Crippen LogP contribution is 2.12. The number of carbonyl (C=O) groups is 3. The summed E-state index contributed by atoms with van der Waals surface area (Å²) in [6, 6.07) is 7.34. The van der Waals surface area contributed by atoms with Crippen molar-refractivity contribution in [1.82, 2.24) is 9.80 Å². The summed E-state index contributed by atoms with van der Waals surface area (Å²) in [6.45, 7) is 1.43. The largest absolute Gasteiger partial charge is 0.480 e. The average Bonchev–Trinajstić information content (AvgIpc) is 2.53. The first-order valence-electron chi connectivity index (χ1n) is 7.74. The molecule has 0 radical (unpaired) electrons. The van der Waals surface area contributed by atoms with E-state index in [-0.39, 0.29) is 31.2 Å². The minimum Gasteiger partial charge on any atom is -0.480 e. The molecule has 7 nitrogen and oxygen atoms in total. The zero-order chi connectivity index (χ0) is 18.3. The summed E-state index contributed by atoms with van der Waals surface area (Å²) in [6.07, 6.45) is 0.405. The molecule has 0 aliphatic carbocycles. The number of nitrogens with zero attached hydrogens (tertiary/aromatic N) is 2. The summed E-state index contributed by atoms with van der Waals surface area (Å²) in [4.78, 5) is 38.0. The Kier molecular flexibility index (Phi) is 7.38. The fourth-order valence-corrected chi connectivity index (χ4v) is 2.43. The van der Waals surface area contributed by atoms with Crippen LogP contribution in [0.4, 0.5) is 0 Å². The van der Waals surface area contributed by atoms with Gasteiger partial charge in [0.15, 0.2) is 0 Å². The highest BCUT2D eigenvalue weighted by atomic mass is 16.4. The molecule has 0 aliphatic heterocycles. The molecular formula is C17H25N3O4. The number of amides is 2. The number of rotatable bonds is 8. The van der Waals surface area contributed by atoms with E-state index in [9.17, 15) is 19.5 Å². The van der Waals surface area contributed by atoms with E-state index in [2.05, 4.69) is 0 Å². The van der Waals surface area contributed by atoms with Crippen molar-refractivity contribution in [3.63, 3.8) is 0 Å². The Morgan fingerprint density at radius 2 is 1.75 bits per heavy atom. The molecule has 1 rings (SSSR count). The van der Waals surface area contributed by atoms with E-state index in [1.54, 1.807) is 14.1 Å². The second-order valence-corrected chi connectivity index (χ2v) is 5.88. The van der Waals surface area contributed by atoms with Crippen molar-refractivity contribution in [1.29, 1.82) is 0 Å². The smallest absolute Gasteiger partial charge is 0.326 e. The third-order valence-corrected chi connectivity index (χ3v) is 3.78. The van der Waals surface area contributed by atoms with Gasteiger partial charge in [0.05, 0.1) is 6.04 Å². The number of likely N-dealkylation sites (N-methyl/N-ethyl adjacent to an activating group) is 1. The van der Waals surface area contributed by atoms with Crippen LogP contribution in [0.1, 0.15) is 18.9 Å². The van der Waals surface area contributed by atoms with Crippen LogP contribution >= 0.6 is 0 Å². The van der Waals surface area contributed by atoms with Crippen LogP contribution in [0.15, 0.2) is 30.3 Å². The van der Waals surface area contributed by atoms with Gasteiger partial charge in [-0.2, -0.15) is 0 Å². The molecule has 2 atom stereocenters. The van der Waals surface area contributed by atoms with Crippen molar-refractivity contribution < 1.29 is 19.5 Å². The Bertz CT molecular complexity index is 574. The molecular weight excluding hydrogens is 310 g/mol. The van der Waals surface area contributed by atoms with Gasteiger partial charge in [0.2, 0.25) is 11.8 Å². The summed E-state index contributed by atoms with van der Waals surface area (Å²) < 4.78 is 0. The maximum atomic E-state index is 11.9. The van der Waals surface area contributed by atoms with Gasteiger partial charge < -0.3 is 20.6 Å². The van der Waals surface area contributed by atoms with Gasteiger partial charge >= 0.3 is 5.97 Å². The Hall–Kier alpha value is -2.41. The summed E-state index contributed by atoms with van der Waals surface area (Å²) >= 11 is 0. The van der Waals surface area contributed by atoms with Gasteiger partial charge in [0, 0.05) is 34.0 Å². The van der Waals surface area contributed by atoms with Gasteiger partial charge in [-0.1, -0.05) is 30.3 Å². The van der Waals surface area contributed by atoms with Crippen LogP contribution in [0.3, 0.4) is 0 Å². The number of carboxylic acids is 1. The number of aliphatic carboxylic acids is 1. The molecule has 0 aliphatic rings. The molecule has 3 N–H and O–H groups in total. The molecule has 0 aromatic heterocycles. The van der Waals surface area contributed by atoms with Gasteiger partial charge in [0.25, 0.3) is 0 Å². The van der Waals surface area contributed by atoms with E-state index >= 15 is 0 Å². The Morgan fingerprint density at radius 3 is 2.21 bits per heavy atom. The van der Waals surface area contributed by atoms with Crippen molar-refractivity contribution in [2.45, 2.75) is 31.8 Å². The van der Waals surface area contributed by atoms with Crippen molar-refractivity contribution in [3.05, 3.63) is 35.9 Å². The van der Waals surface area contributed by atoms with E-state index < -0.39 is 18.1 Å². The Labute approximate surface area is 142 Å². The van der Waals surface area contributed by atoms with Crippen LogP contribution in [0.25, 0.3) is 0 Å². The lowest BCUT2D eigenvalue weighted by molar-refractivity contribution is -0.149. The molecule has 24 heavy (non-hydrogen) atoms. The molecule has 0 heterocycles. The highest BCUT2D eigenvalue weighted by molar-refractivity contribution is 5.83. The van der Waals surface area contributed by atoms with Crippen LogP contribution in [0.2, 0.25) is 0 Å². The van der Waals surface area contributed by atoms with Crippen molar-refractivity contribution >= 4 is 17.8 Å². The Morgan fingerprint density at radius 1 is 1.17 bits per heavy atom. The normalized spacial score (nSPS) is 13.0. The van der Waals surface area contributed by atoms with E-state index in [1.165, 1.54) is 16.7 Å². The molecule has 1 aromatic rings. The number of carboxylic acid groups (broad SMARTS) is 1. The molecule has 0 saturated carbocycles. The van der Waals surface area contributed by atoms with Gasteiger partial charge in [-0.05, 0) is 12.0 Å². The first kappa shape index (κ1) is 19.6. The third-order valence-electron chi connectivity index (χ3n) is 3.78. The van der Waals surface area contributed by atoms with E-state index in [0.717, 1.165) is 5.56 Å². The minimum atomic E-state index is -1.08. The number of carbonyl (C=O) groups excluding carboxylic acids is 2. The van der Waals surface area contributed by atoms with Crippen molar-refractivity contribution in [3.8, 4) is 0 Å². The van der Waals surface area contributed by atoms with Crippen molar-refractivity contribution in [2.24, 2.45) is 5.73 Å². The molecule has 2 amide bonds. The van der Waals surface area contributed by atoms with Gasteiger partial charge in [-0.25, -0.2) is 4.79 Å². The van der Waals surface area contributed by atoms with E-state index in [1.807, 2.05) is 30.3 Å². The third kappa shape index (κ3) is 5.66. The SMILES string of the molecule is CC(=O)N(CC[C@H](N)C(=O)N(C)C)[C@H](Cc1ccccc1)C(=O)O.